The van der Waals surface area contributed by atoms with Gasteiger partial charge in [0, 0.05) is 43.1 Å². The van der Waals surface area contributed by atoms with Crippen LogP contribution < -0.4 is 0 Å². The van der Waals surface area contributed by atoms with Gasteiger partial charge in [-0.15, -0.1) is 0 Å². The molecule has 3 nitrogen and oxygen atoms in total. The van der Waals surface area contributed by atoms with Crippen molar-refractivity contribution in [1.82, 2.24) is 9.13 Å². The standard InChI is InChI=1S/C44H26N2O/c1-3-15-29-27(11-1)13-9-21-37(29)45-39-19-7-5-17-31(39)33-23-25-35-36-26-24-34-32-18-6-8-20-40(32)46(42(34)44(36)47-43(35)41(33)45)38-22-10-14-28-12-2-4-16-30(28)38/h1-26H. The number of furan rings is 1. The van der Waals surface area contributed by atoms with E-state index in [1.807, 2.05) is 0 Å². The first-order valence-corrected chi connectivity index (χ1v) is 16.1. The highest BCUT2D eigenvalue weighted by Crippen LogP contribution is 2.45. The molecule has 0 unspecified atom stereocenters. The molecule has 3 heteroatoms. The van der Waals surface area contributed by atoms with Crippen LogP contribution in [-0.4, -0.2) is 9.13 Å². The predicted molar refractivity (Wildman–Crippen MR) is 197 cm³/mol. The van der Waals surface area contributed by atoms with Crippen LogP contribution in [0, 0.1) is 0 Å². The third-order valence-corrected chi connectivity index (χ3v) is 10.1. The summed E-state index contributed by atoms with van der Waals surface area (Å²) < 4.78 is 12.1. The lowest BCUT2D eigenvalue weighted by Gasteiger charge is -2.12. The number of nitrogens with zero attached hydrogens (tertiary/aromatic N) is 2. The summed E-state index contributed by atoms with van der Waals surface area (Å²) in [6.45, 7) is 0. The predicted octanol–water partition coefficient (Wildman–Crippen LogP) is 12.1. The van der Waals surface area contributed by atoms with Gasteiger partial charge in [0.25, 0.3) is 0 Å². The summed E-state index contributed by atoms with van der Waals surface area (Å²) in [7, 11) is 0. The average Bonchev–Trinajstić information content (AvgIpc) is 3.79. The lowest BCUT2D eigenvalue weighted by molar-refractivity contribution is 0.673. The molecule has 0 aliphatic rings. The average molecular weight is 599 g/mol. The Balaban J connectivity index is 1.35. The van der Waals surface area contributed by atoms with Gasteiger partial charge in [0.1, 0.15) is 0 Å². The van der Waals surface area contributed by atoms with Crippen molar-refractivity contribution < 1.29 is 4.42 Å². The van der Waals surface area contributed by atoms with Gasteiger partial charge in [-0.3, -0.25) is 0 Å². The normalized spacial score (nSPS) is 12.3. The van der Waals surface area contributed by atoms with Crippen molar-refractivity contribution in [1.29, 1.82) is 0 Å². The van der Waals surface area contributed by atoms with Crippen LogP contribution in [0.2, 0.25) is 0 Å². The lowest BCUT2D eigenvalue weighted by atomic mass is 10.1. The second kappa shape index (κ2) is 9.12. The molecule has 11 aromatic rings. The van der Waals surface area contributed by atoms with Gasteiger partial charge < -0.3 is 13.6 Å². The molecule has 0 bridgehead atoms. The molecule has 0 aliphatic heterocycles. The zero-order chi connectivity index (χ0) is 30.6. The molecule has 0 saturated heterocycles. The lowest BCUT2D eigenvalue weighted by Crippen LogP contribution is -1.95. The first kappa shape index (κ1) is 24.9. The molecule has 3 heterocycles. The number of hydrogen-bond donors (Lipinski definition) is 0. The molecular weight excluding hydrogens is 572 g/mol. The zero-order valence-electron chi connectivity index (χ0n) is 25.3. The van der Waals surface area contributed by atoms with E-state index >= 15 is 0 Å². The Morgan fingerprint density at radius 3 is 1.17 bits per heavy atom. The second-order valence-electron chi connectivity index (χ2n) is 12.5. The summed E-state index contributed by atoms with van der Waals surface area (Å²) in [5.41, 5.74) is 8.64. The van der Waals surface area contributed by atoms with E-state index in [0.29, 0.717) is 0 Å². The highest BCUT2D eigenvalue weighted by Gasteiger charge is 2.23. The fourth-order valence-corrected chi connectivity index (χ4v) is 8.09. The summed E-state index contributed by atoms with van der Waals surface area (Å²) in [5, 5.41) is 11.9. The molecule has 0 amide bonds. The largest absolute Gasteiger partial charge is 0.452 e. The molecule has 0 aliphatic carbocycles. The van der Waals surface area contributed by atoms with Crippen molar-refractivity contribution in [2.45, 2.75) is 0 Å². The van der Waals surface area contributed by atoms with Crippen LogP contribution >= 0.6 is 0 Å². The smallest absolute Gasteiger partial charge is 0.160 e. The SMILES string of the molecule is c1ccc2c(-n3c4ccccc4c4ccc5c6ccc7c8ccccc8n(-c8cccc9ccccc89)c7c6oc5c43)cccc2c1. The Bertz CT molecular complexity index is 2860. The number of rotatable bonds is 2. The van der Waals surface area contributed by atoms with E-state index < -0.39 is 0 Å². The van der Waals surface area contributed by atoms with Crippen LogP contribution in [0.3, 0.4) is 0 Å². The molecular formula is C44H26N2O. The summed E-state index contributed by atoms with van der Waals surface area (Å²) >= 11 is 0. The van der Waals surface area contributed by atoms with Gasteiger partial charge in [-0.25, -0.2) is 0 Å². The molecule has 3 aromatic heterocycles. The molecule has 0 N–H and O–H groups in total. The highest BCUT2D eigenvalue weighted by molar-refractivity contribution is 6.26. The Labute approximate surface area is 269 Å². The van der Waals surface area contributed by atoms with Crippen molar-refractivity contribution in [3.05, 3.63) is 158 Å². The summed E-state index contributed by atoms with van der Waals surface area (Å²) in [6, 6.07) is 56.9. The first-order chi connectivity index (χ1) is 23.3. The van der Waals surface area contributed by atoms with E-state index in [1.165, 1.54) is 54.1 Å². The Morgan fingerprint density at radius 2 is 0.681 bits per heavy atom. The van der Waals surface area contributed by atoms with E-state index in [-0.39, 0.29) is 0 Å². The molecule has 218 valence electrons. The van der Waals surface area contributed by atoms with Crippen LogP contribution in [-0.2, 0) is 0 Å². The van der Waals surface area contributed by atoms with Crippen LogP contribution in [0.25, 0.3) is 98.5 Å². The van der Waals surface area contributed by atoms with Crippen LogP contribution in [0.15, 0.2) is 162 Å². The van der Waals surface area contributed by atoms with Gasteiger partial charge in [0.2, 0.25) is 0 Å². The monoisotopic (exact) mass is 598 g/mol. The zero-order valence-corrected chi connectivity index (χ0v) is 25.3. The maximum Gasteiger partial charge on any atom is 0.160 e. The van der Waals surface area contributed by atoms with E-state index in [9.17, 15) is 0 Å². The molecule has 0 fully saturated rings. The molecule has 0 atom stereocenters. The summed E-state index contributed by atoms with van der Waals surface area (Å²) in [4.78, 5) is 0. The minimum atomic E-state index is 0.906. The minimum absolute atomic E-state index is 0.906. The van der Waals surface area contributed by atoms with Crippen molar-refractivity contribution in [2.75, 3.05) is 0 Å². The topological polar surface area (TPSA) is 23.0 Å². The van der Waals surface area contributed by atoms with Gasteiger partial charge in [-0.05, 0) is 47.2 Å². The Morgan fingerprint density at radius 1 is 0.298 bits per heavy atom. The van der Waals surface area contributed by atoms with Crippen molar-refractivity contribution in [3.63, 3.8) is 0 Å². The summed E-state index contributed by atoms with van der Waals surface area (Å²) in [6.07, 6.45) is 0. The number of aromatic nitrogens is 2. The molecule has 8 aromatic carbocycles. The molecule has 0 spiro atoms. The van der Waals surface area contributed by atoms with E-state index in [2.05, 4.69) is 167 Å². The molecule has 0 radical (unpaired) electrons. The van der Waals surface area contributed by atoms with Crippen LogP contribution in [0.1, 0.15) is 0 Å². The molecule has 47 heavy (non-hydrogen) atoms. The number of para-hydroxylation sites is 2. The fraction of sp³-hybridized carbons (Fsp3) is 0. The highest BCUT2D eigenvalue weighted by atomic mass is 16.3. The van der Waals surface area contributed by atoms with Gasteiger partial charge in [-0.2, -0.15) is 0 Å². The second-order valence-corrected chi connectivity index (χ2v) is 12.5. The van der Waals surface area contributed by atoms with Crippen LogP contribution in [0.4, 0.5) is 0 Å². The van der Waals surface area contributed by atoms with E-state index in [0.717, 1.165) is 44.3 Å². The van der Waals surface area contributed by atoms with Gasteiger partial charge in [0.15, 0.2) is 11.2 Å². The minimum Gasteiger partial charge on any atom is -0.452 e. The number of fused-ring (bicyclic) bond motifs is 13. The van der Waals surface area contributed by atoms with Crippen molar-refractivity contribution >= 4 is 87.1 Å². The van der Waals surface area contributed by atoms with Gasteiger partial charge in [-0.1, -0.05) is 121 Å². The van der Waals surface area contributed by atoms with E-state index in [4.69, 9.17) is 4.42 Å². The Kier molecular flexibility index (Phi) is 4.84. The Hall–Kier alpha value is -6.32. The maximum absolute atomic E-state index is 7.24. The van der Waals surface area contributed by atoms with Gasteiger partial charge in [0.05, 0.1) is 33.4 Å². The third kappa shape index (κ3) is 3.25. The molecule has 11 rings (SSSR count). The quantitative estimate of drug-likeness (QED) is 0.194. The maximum atomic E-state index is 7.24. The van der Waals surface area contributed by atoms with Gasteiger partial charge >= 0.3 is 0 Å². The first-order valence-electron chi connectivity index (χ1n) is 16.1. The van der Waals surface area contributed by atoms with Crippen LogP contribution in [0.5, 0.6) is 0 Å². The third-order valence-electron chi connectivity index (χ3n) is 10.1. The number of benzene rings is 8. The summed E-state index contributed by atoms with van der Waals surface area (Å²) in [5.74, 6) is 0. The van der Waals surface area contributed by atoms with Crippen molar-refractivity contribution in [3.8, 4) is 11.4 Å². The fourth-order valence-electron chi connectivity index (χ4n) is 8.09. The molecule has 0 saturated carbocycles. The van der Waals surface area contributed by atoms with Crippen molar-refractivity contribution in [2.24, 2.45) is 0 Å². The van der Waals surface area contributed by atoms with E-state index in [1.54, 1.807) is 0 Å². The number of hydrogen-bond acceptors (Lipinski definition) is 1.